The number of carbonyl (C=O) groups is 1. The van der Waals surface area contributed by atoms with Crippen molar-refractivity contribution in [3.8, 4) is 0 Å². The van der Waals surface area contributed by atoms with Gasteiger partial charge in [-0.2, -0.15) is 4.99 Å². The van der Waals surface area contributed by atoms with Crippen LogP contribution in [0.15, 0.2) is 26.6 Å². The molecule has 4 N–H and O–H groups in total. The molecule has 0 aromatic heterocycles. The van der Waals surface area contributed by atoms with Crippen LogP contribution >= 0.6 is 15.9 Å². The van der Waals surface area contributed by atoms with Gasteiger partial charge in [0.1, 0.15) is 5.66 Å². The summed E-state index contributed by atoms with van der Waals surface area (Å²) in [5.74, 6) is 0.197. The molecule has 140 valence electrons. The van der Waals surface area contributed by atoms with Gasteiger partial charge >= 0.3 is 5.97 Å². The number of guanidine groups is 2. The average Bonchev–Trinajstić information content (AvgIpc) is 2.57. The van der Waals surface area contributed by atoms with Crippen molar-refractivity contribution >= 4 is 39.5 Å². The van der Waals surface area contributed by atoms with E-state index in [1.165, 1.54) is 6.42 Å². The van der Waals surface area contributed by atoms with Crippen LogP contribution in [0.2, 0.25) is 0 Å². The molecule has 0 saturated heterocycles. The van der Waals surface area contributed by atoms with Gasteiger partial charge in [-0.25, -0.2) is 9.79 Å². The van der Waals surface area contributed by atoms with Crippen molar-refractivity contribution in [2.45, 2.75) is 51.6 Å². The zero-order valence-electron chi connectivity index (χ0n) is 15.1. The fourth-order valence-corrected chi connectivity index (χ4v) is 4.53. The maximum absolute atomic E-state index is 12.1. The van der Waals surface area contributed by atoms with E-state index in [1.54, 1.807) is 13.0 Å². The summed E-state index contributed by atoms with van der Waals surface area (Å²) >= 11 is 3.61. The summed E-state index contributed by atoms with van der Waals surface area (Å²) in [5, 5.41) is 0. The number of nitrogens with two attached hydrogens (primary N) is 2. The predicted octanol–water partition coefficient (Wildman–Crippen LogP) is 3.04. The van der Waals surface area contributed by atoms with Gasteiger partial charge in [-0.1, -0.05) is 6.42 Å². The number of aliphatic imine (C=N–C) groups is 2. The number of esters is 1. The van der Waals surface area contributed by atoms with Crippen LogP contribution in [-0.2, 0) is 4.74 Å². The summed E-state index contributed by atoms with van der Waals surface area (Å²) in [6.45, 7) is 4.06. The van der Waals surface area contributed by atoms with Gasteiger partial charge in [-0.05, 0) is 73.2 Å². The molecule has 1 aliphatic heterocycles. The average molecular weight is 422 g/mol. The largest absolute Gasteiger partial charge is 0.462 e. The highest BCUT2D eigenvalue weighted by atomic mass is 79.9. The molecule has 2 aliphatic rings. The van der Waals surface area contributed by atoms with Gasteiger partial charge in [-0.15, -0.1) is 0 Å². The second-order valence-corrected chi connectivity index (χ2v) is 7.52. The molecule has 7 nitrogen and oxygen atoms in total. The Morgan fingerprint density at radius 3 is 2.62 bits per heavy atom. The maximum Gasteiger partial charge on any atom is 0.338 e. The third kappa shape index (κ3) is 3.30. The minimum Gasteiger partial charge on any atom is -0.462 e. The molecule has 0 radical (unpaired) electrons. The normalized spacial score (nSPS) is 19.1. The Morgan fingerprint density at radius 2 is 2.00 bits per heavy atom. The quantitative estimate of drug-likeness (QED) is 0.729. The summed E-state index contributed by atoms with van der Waals surface area (Å²) < 4.78 is 5.86. The molecule has 1 aromatic rings. The first-order valence-corrected chi connectivity index (χ1v) is 9.64. The lowest BCUT2D eigenvalue weighted by atomic mass is 9.87. The molecule has 0 unspecified atom stereocenters. The zero-order chi connectivity index (χ0) is 18.9. The molecule has 1 heterocycles. The van der Waals surface area contributed by atoms with Crippen molar-refractivity contribution in [1.29, 1.82) is 0 Å². The van der Waals surface area contributed by atoms with E-state index < -0.39 is 5.66 Å². The van der Waals surface area contributed by atoms with Crippen LogP contribution in [0.5, 0.6) is 0 Å². The Labute approximate surface area is 161 Å². The number of hydrogen-bond acceptors (Lipinski definition) is 7. The maximum atomic E-state index is 12.1. The molecule has 0 atom stereocenters. The molecule has 1 saturated carbocycles. The highest BCUT2D eigenvalue weighted by Gasteiger charge is 2.43. The van der Waals surface area contributed by atoms with Crippen LogP contribution in [0.3, 0.4) is 0 Å². The Morgan fingerprint density at radius 1 is 1.31 bits per heavy atom. The SMILES string of the molecule is CCOC(=O)c1cc(C)c(N2C(N)=NC(N)=NC23CCCCC3)c(Br)c1. The third-order valence-corrected chi connectivity index (χ3v) is 5.44. The fourth-order valence-electron chi connectivity index (χ4n) is 3.80. The first kappa shape index (κ1) is 18.7. The summed E-state index contributed by atoms with van der Waals surface area (Å²) in [5.41, 5.74) is 13.9. The van der Waals surface area contributed by atoms with Crippen LogP contribution in [0.4, 0.5) is 5.69 Å². The first-order chi connectivity index (χ1) is 12.4. The second kappa shape index (κ2) is 7.26. The van der Waals surface area contributed by atoms with Crippen molar-refractivity contribution in [1.82, 2.24) is 0 Å². The Hall–Kier alpha value is -2.09. The third-order valence-electron chi connectivity index (χ3n) is 4.84. The van der Waals surface area contributed by atoms with Crippen molar-refractivity contribution in [3.05, 3.63) is 27.7 Å². The molecular weight excluding hydrogens is 398 g/mol. The molecule has 8 heteroatoms. The van der Waals surface area contributed by atoms with Crippen molar-refractivity contribution in [2.75, 3.05) is 11.5 Å². The Bertz CT molecular complexity index is 761. The number of nitrogens with zero attached hydrogens (tertiary/aromatic N) is 3. The van der Waals surface area contributed by atoms with Gasteiger partial charge in [0.05, 0.1) is 17.9 Å². The van der Waals surface area contributed by atoms with Gasteiger partial charge in [0.25, 0.3) is 0 Å². The van der Waals surface area contributed by atoms with Crippen LogP contribution in [-0.4, -0.2) is 30.2 Å². The van der Waals surface area contributed by atoms with Crippen LogP contribution < -0.4 is 16.4 Å². The smallest absolute Gasteiger partial charge is 0.338 e. The van der Waals surface area contributed by atoms with Gasteiger partial charge in [-0.3, -0.25) is 4.90 Å². The van der Waals surface area contributed by atoms with Crippen molar-refractivity contribution in [2.24, 2.45) is 21.5 Å². The number of rotatable bonds is 3. The number of carbonyl (C=O) groups excluding carboxylic acids is 1. The number of anilines is 1. The standard InChI is InChI=1S/C18H24BrN5O2/c1-3-26-15(25)12-9-11(2)14(13(19)10-12)24-17(21)22-16(20)23-18(24)7-5-4-6-8-18/h9-10H,3-8H2,1-2H3,(H4,20,21,22,23). The molecule has 1 spiro atoms. The monoisotopic (exact) mass is 421 g/mol. The van der Waals surface area contributed by atoms with E-state index in [4.69, 9.17) is 21.2 Å². The van der Waals surface area contributed by atoms with Crippen molar-refractivity contribution < 1.29 is 9.53 Å². The molecule has 0 bridgehead atoms. The lowest BCUT2D eigenvalue weighted by Crippen LogP contribution is -2.58. The number of hydrogen-bond donors (Lipinski definition) is 2. The molecule has 3 rings (SSSR count). The minimum atomic E-state index is -0.521. The number of ether oxygens (including phenoxy) is 1. The zero-order valence-corrected chi connectivity index (χ0v) is 16.7. The van der Waals surface area contributed by atoms with Crippen LogP contribution in [0.25, 0.3) is 0 Å². The highest BCUT2D eigenvalue weighted by molar-refractivity contribution is 9.10. The summed E-state index contributed by atoms with van der Waals surface area (Å²) in [4.78, 5) is 23.0. The molecule has 26 heavy (non-hydrogen) atoms. The van der Waals surface area contributed by atoms with E-state index in [0.717, 1.165) is 41.4 Å². The lowest BCUT2D eigenvalue weighted by Gasteiger charge is -2.46. The minimum absolute atomic E-state index is 0.220. The molecular formula is C18H24BrN5O2. The van der Waals surface area contributed by atoms with Crippen LogP contribution in [0.1, 0.15) is 54.9 Å². The Balaban J connectivity index is 2.09. The van der Waals surface area contributed by atoms with Gasteiger partial charge in [0.15, 0.2) is 0 Å². The number of halogens is 1. The van der Waals surface area contributed by atoms with E-state index in [2.05, 4.69) is 20.9 Å². The summed E-state index contributed by atoms with van der Waals surface area (Å²) in [6, 6.07) is 3.56. The van der Waals surface area contributed by atoms with E-state index >= 15 is 0 Å². The molecule has 1 aliphatic carbocycles. The number of benzene rings is 1. The van der Waals surface area contributed by atoms with E-state index in [1.807, 2.05) is 17.9 Å². The van der Waals surface area contributed by atoms with Gasteiger partial charge in [0, 0.05) is 4.47 Å². The summed E-state index contributed by atoms with van der Waals surface area (Å²) in [7, 11) is 0. The summed E-state index contributed by atoms with van der Waals surface area (Å²) in [6.07, 6.45) is 4.99. The fraction of sp³-hybridized carbons (Fsp3) is 0.500. The van der Waals surface area contributed by atoms with Crippen LogP contribution in [0, 0.1) is 6.92 Å². The molecule has 1 aromatic carbocycles. The Kier molecular flexibility index (Phi) is 5.22. The topological polar surface area (TPSA) is 106 Å². The molecule has 0 amide bonds. The van der Waals surface area contributed by atoms with Gasteiger partial charge < -0.3 is 16.2 Å². The van der Waals surface area contributed by atoms with E-state index in [9.17, 15) is 4.79 Å². The predicted molar refractivity (Wildman–Crippen MR) is 106 cm³/mol. The first-order valence-electron chi connectivity index (χ1n) is 8.85. The van der Waals surface area contributed by atoms with Crippen molar-refractivity contribution in [3.63, 3.8) is 0 Å². The van der Waals surface area contributed by atoms with E-state index in [-0.39, 0.29) is 11.9 Å². The molecule has 1 fully saturated rings. The lowest BCUT2D eigenvalue weighted by molar-refractivity contribution is 0.0526. The van der Waals surface area contributed by atoms with Gasteiger partial charge in [0.2, 0.25) is 11.9 Å². The second-order valence-electron chi connectivity index (χ2n) is 6.66. The van der Waals surface area contributed by atoms with E-state index in [0.29, 0.717) is 18.1 Å². The highest BCUT2D eigenvalue weighted by Crippen LogP contribution is 2.43. The number of aryl methyl sites for hydroxylation is 1.